The number of aromatic amines is 1. The van der Waals surface area contributed by atoms with Crippen molar-refractivity contribution in [2.75, 3.05) is 13.1 Å². The average molecular weight is 425 g/mol. The van der Waals surface area contributed by atoms with Crippen molar-refractivity contribution in [3.05, 3.63) is 54.1 Å². The third kappa shape index (κ3) is 3.76. The van der Waals surface area contributed by atoms with Crippen molar-refractivity contribution in [3.63, 3.8) is 0 Å². The highest BCUT2D eigenvalue weighted by Gasteiger charge is 2.30. The molecule has 0 spiro atoms. The standard InChI is InChI=1S/C23H28N4O2S/c28-30(29,27-11-4-12-27)20-9-7-18(8-10-20)21(13-17-5-2-1-3-6-17)22-14-19-15-24-16-25-23(19)26-22/h7-10,14-17,21H,1-6,11-13H2,(H,24,25,26). The van der Waals surface area contributed by atoms with Gasteiger partial charge in [-0.25, -0.2) is 18.4 Å². The summed E-state index contributed by atoms with van der Waals surface area (Å²) in [6.07, 6.45) is 11.9. The van der Waals surface area contributed by atoms with E-state index in [1.165, 1.54) is 32.1 Å². The fourth-order valence-corrected chi connectivity index (χ4v) is 6.34. The Morgan fingerprint density at radius 1 is 1.07 bits per heavy atom. The number of benzene rings is 1. The Kier molecular flexibility index (Phi) is 5.33. The van der Waals surface area contributed by atoms with Crippen molar-refractivity contribution in [1.82, 2.24) is 19.3 Å². The zero-order valence-corrected chi connectivity index (χ0v) is 17.9. The van der Waals surface area contributed by atoms with Crippen LogP contribution in [0.3, 0.4) is 0 Å². The van der Waals surface area contributed by atoms with E-state index in [1.807, 2.05) is 18.3 Å². The first kappa shape index (κ1) is 19.7. The van der Waals surface area contributed by atoms with Gasteiger partial charge in [-0.05, 0) is 42.5 Å². The third-order valence-corrected chi connectivity index (χ3v) is 8.63. The van der Waals surface area contributed by atoms with Crippen LogP contribution in [0.5, 0.6) is 0 Å². The molecule has 5 rings (SSSR count). The molecule has 1 aliphatic heterocycles. The maximum absolute atomic E-state index is 12.7. The van der Waals surface area contributed by atoms with E-state index >= 15 is 0 Å². The minimum atomic E-state index is -3.35. The topological polar surface area (TPSA) is 79.0 Å². The van der Waals surface area contributed by atoms with Gasteiger partial charge in [-0.1, -0.05) is 44.2 Å². The predicted molar refractivity (Wildman–Crippen MR) is 117 cm³/mol. The van der Waals surface area contributed by atoms with E-state index in [-0.39, 0.29) is 5.92 Å². The van der Waals surface area contributed by atoms with Crippen molar-refractivity contribution in [2.24, 2.45) is 5.92 Å². The SMILES string of the molecule is O=S(=O)(c1ccc(C(CC2CCCCC2)c2cc3cncnc3[nH]2)cc1)N1CCC1. The number of rotatable bonds is 6. The van der Waals surface area contributed by atoms with Gasteiger partial charge in [0.25, 0.3) is 0 Å². The average Bonchev–Trinajstić information content (AvgIpc) is 3.15. The van der Waals surface area contributed by atoms with E-state index < -0.39 is 10.0 Å². The molecule has 3 aromatic rings. The molecule has 3 heterocycles. The summed E-state index contributed by atoms with van der Waals surface area (Å²) in [7, 11) is -3.35. The van der Waals surface area contributed by atoms with Gasteiger partial charge in [0.05, 0.1) is 4.90 Å². The lowest BCUT2D eigenvalue weighted by atomic mass is 9.79. The highest BCUT2D eigenvalue weighted by atomic mass is 32.2. The summed E-state index contributed by atoms with van der Waals surface area (Å²) in [5.74, 6) is 0.897. The van der Waals surface area contributed by atoms with Crippen LogP contribution >= 0.6 is 0 Å². The van der Waals surface area contributed by atoms with Crippen LogP contribution in [0.1, 0.15) is 62.1 Å². The van der Waals surface area contributed by atoms with Gasteiger partial charge in [0.2, 0.25) is 10.0 Å². The minimum absolute atomic E-state index is 0.197. The van der Waals surface area contributed by atoms with Gasteiger partial charge in [0.15, 0.2) is 0 Å². The van der Waals surface area contributed by atoms with Crippen molar-refractivity contribution >= 4 is 21.1 Å². The third-order valence-electron chi connectivity index (χ3n) is 6.72. The second-order valence-corrected chi connectivity index (χ2v) is 10.6. The molecule has 0 bridgehead atoms. The van der Waals surface area contributed by atoms with Gasteiger partial charge in [-0.3, -0.25) is 0 Å². The summed E-state index contributed by atoms with van der Waals surface area (Å²) in [5.41, 5.74) is 3.14. The Morgan fingerprint density at radius 3 is 2.50 bits per heavy atom. The number of fused-ring (bicyclic) bond motifs is 1. The number of hydrogen-bond acceptors (Lipinski definition) is 4. The van der Waals surface area contributed by atoms with Crippen LogP contribution in [0.15, 0.2) is 47.8 Å². The molecule has 2 aliphatic rings. The first-order chi connectivity index (χ1) is 14.6. The van der Waals surface area contributed by atoms with Gasteiger partial charge < -0.3 is 4.98 Å². The molecule has 0 amide bonds. The number of nitrogens with zero attached hydrogens (tertiary/aromatic N) is 3. The first-order valence-electron chi connectivity index (χ1n) is 11.0. The number of sulfonamides is 1. The molecule has 1 atom stereocenters. The van der Waals surface area contributed by atoms with Crippen LogP contribution in [-0.2, 0) is 10.0 Å². The summed E-state index contributed by atoms with van der Waals surface area (Å²) >= 11 is 0. The lowest BCUT2D eigenvalue weighted by molar-refractivity contribution is 0.309. The zero-order valence-electron chi connectivity index (χ0n) is 17.1. The van der Waals surface area contributed by atoms with E-state index in [4.69, 9.17) is 0 Å². The zero-order chi connectivity index (χ0) is 20.6. The van der Waals surface area contributed by atoms with Crippen LogP contribution in [-0.4, -0.2) is 40.8 Å². The molecule has 2 aromatic heterocycles. The van der Waals surface area contributed by atoms with Crippen molar-refractivity contribution < 1.29 is 8.42 Å². The van der Waals surface area contributed by atoms with Crippen molar-refractivity contribution in [2.45, 2.75) is 55.8 Å². The predicted octanol–water partition coefficient (Wildman–Crippen LogP) is 4.45. The van der Waals surface area contributed by atoms with Gasteiger partial charge in [-0.15, -0.1) is 0 Å². The summed E-state index contributed by atoms with van der Waals surface area (Å²) in [4.78, 5) is 12.4. The number of aromatic nitrogens is 3. The molecule has 158 valence electrons. The largest absolute Gasteiger partial charge is 0.343 e. The highest BCUT2D eigenvalue weighted by molar-refractivity contribution is 7.89. The molecular weight excluding hydrogens is 396 g/mol. The Hall–Kier alpha value is -2.25. The van der Waals surface area contributed by atoms with E-state index in [0.29, 0.717) is 23.9 Å². The van der Waals surface area contributed by atoms with Gasteiger partial charge in [-0.2, -0.15) is 4.31 Å². The molecule has 2 fully saturated rings. The molecule has 7 heteroatoms. The second kappa shape index (κ2) is 8.12. The number of hydrogen-bond donors (Lipinski definition) is 1. The smallest absolute Gasteiger partial charge is 0.243 e. The van der Waals surface area contributed by atoms with Crippen LogP contribution in [0.4, 0.5) is 0 Å². The maximum atomic E-state index is 12.7. The molecule has 1 saturated carbocycles. The number of nitrogens with one attached hydrogen (secondary N) is 1. The van der Waals surface area contributed by atoms with E-state index in [2.05, 4.69) is 21.0 Å². The molecular formula is C23H28N4O2S. The molecule has 6 nitrogen and oxygen atoms in total. The number of H-pyrrole nitrogens is 1. The Bertz CT molecular complexity index is 1080. The quantitative estimate of drug-likeness (QED) is 0.634. The Labute approximate surface area is 177 Å². The van der Waals surface area contributed by atoms with Crippen molar-refractivity contribution in [1.29, 1.82) is 0 Å². The fraction of sp³-hybridized carbons (Fsp3) is 0.478. The summed E-state index contributed by atoms with van der Waals surface area (Å²) < 4.78 is 27.0. The van der Waals surface area contributed by atoms with Gasteiger partial charge in [0, 0.05) is 36.3 Å². The molecule has 1 saturated heterocycles. The van der Waals surface area contributed by atoms with Gasteiger partial charge >= 0.3 is 0 Å². The molecule has 1 unspecified atom stereocenters. The first-order valence-corrected chi connectivity index (χ1v) is 12.4. The minimum Gasteiger partial charge on any atom is -0.343 e. The second-order valence-electron chi connectivity index (χ2n) is 8.67. The van der Waals surface area contributed by atoms with Gasteiger partial charge in [0.1, 0.15) is 12.0 Å². The van der Waals surface area contributed by atoms with Crippen LogP contribution in [0.25, 0.3) is 11.0 Å². The van der Waals surface area contributed by atoms with E-state index in [0.717, 1.165) is 35.1 Å². The summed E-state index contributed by atoms with van der Waals surface area (Å²) in [5, 5.41) is 1.01. The maximum Gasteiger partial charge on any atom is 0.243 e. The summed E-state index contributed by atoms with van der Waals surface area (Å²) in [6.45, 7) is 1.26. The molecule has 1 aliphatic carbocycles. The van der Waals surface area contributed by atoms with E-state index in [9.17, 15) is 8.42 Å². The monoisotopic (exact) mass is 424 g/mol. The van der Waals surface area contributed by atoms with E-state index in [1.54, 1.807) is 22.8 Å². The molecule has 0 radical (unpaired) electrons. The molecule has 1 aromatic carbocycles. The Balaban J connectivity index is 1.47. The normalized spacial score (nSPS) is 19.6. The lowest BCUT2D eigenvalue weighted by Gasteiger charge is -2.30. The molecule has 1 N–H and O–H groups in total. The van der Waals surface area contributed by atoms with Crippen LogP contribution < -0.4 is 0 Å². The fourth-order valence-electron chi connectivity index (χ4n) is 4.83. The van der Waals surface area contributed by atoms with Crippen LogP contribution in [0.2, 0.25) is 0 Å². The van der Waals surface area contributed by atoms with Crippen molar-refractivity contribution in [3.8, 4) is 0 Å². The molecule has 30 heavy (non-hydrogen) atoms. The summed E-state index contributed by atoms with van der Waals surface area (Å²) in [6, 6.07) is 9.70. The Morgan fingerprint density at radius 2 is 1.83 bits per heavy atom. The lowest BCUT2D eigenvalue weighted by Crippen LogP contribution is -2.41. The highest BCUT2D eigenvalue weighted by Crippen LogP contribution is 2.37. The van der Waals surface area contributed by atoms with Crippen LogP contribution in [0, 0.1) is 5.92 Å².